The van der Waals surface area contributed by atoms with Crippen LogP contribution in [0.5, 0.6) is 0 Å². The van der Waals surface area contributed by atoms with Crippen LogP contribution in [0.15, 0.2) is 6.07 Å². The fourth-order valence-corrected chi connectivity index (χ4v) is 3.44. The Morgan fingerprint density at radius 2 is 2.08 bits per heavy atom. The maximum absolute atomic E-state index is 12.7. The lowest BCUT2D eigenvalue weighted by Crippen LogP contribution is -2.37. The Balaban J connectivity index is 1.97. The number of hydrogen-bond acceptors (Lipinski definition) is 4. The Kier molecular flexibility index (Phi) is 5.32. The minimum Gasteiger partial charge on any atom is -0.353 e. The lowest BCUT2D eigenvalue weighted by molar-refractivity contribution is -0.119. The van der Waals surface area contributed by atoms with Gasteiger partial charge in [0.2, 0.25) is 11.8 Å². The molecule has 1 aliphatic rings. The highest BCUT2D eigenvalue weighted by Gasteiger charge is 2.32. The Labute approximate surface area is 148 Å². The van der Waals surface area contributed by atoms with E-state index in [1.165, 1.54) is 0 Å². The molecule has 1 aromatic heterocycles. The number of hydrogen-bond donors (Lipinski definition) is 2. The number of nitrogens with zero attached hydrogens (tertiary/aromatic N) is 2. The third-order valence-electron chi connectivity index (χ3n) is 4.17. The first kappa shape index (κ1) is 18.8. The molecule has 1 atom stereocenters. The van der Waals surface area contributed by atoms with Crippen LogP contribution in [0, 0.1) is 0 Å². The SMILES string of the molecule is Cn1nc(C(C)(C)C)cc1NC(=O)C(C)(C)SCC1CCC(=O)N1. The third-order valence-corrected chi connectivity index (χ3v) is 5.64. The molecule has 0 bridgehead atoms. The molecule has 0 spiro atoms. The van der Waals surface area contributed by atoms with Crippen LogP contribution in [-0.4, -0.2) is 38.1 Å². The molecule has 0 radical (unpaired) electrons. The van der Waals surface area contributed by atoms with Gasteiger partial charge in [-0.25, -0.2) is 0 Å². The topological polar surface area (TPSA) is 76.0 Å². The summed E-state index contributed by atoms with van der Waals surface area (Å²) in [6.07, 6.45) is 1.43. The molecule has 2 rings (SSSR count). The molecule has 1 aliphatic heterocycles. The second-order valence-electron chi connectivity index (χ2n) is 7.87. The van der Waals surface area contributed by atoms with Crippen LogP contribution in [0.4, 0.5) is 5.82 Å². The van der Waals surface area contributed by atoms with Gasteiger partial charge in [-0.3, -0.25) is 14.3 Å². The Bertz CT molecular complexity index is 631. The van der Waals surface area contributed by atoms with Crippen LogP contribution in [-0.2, 0) is 22.1 Å². The van der Waals surface area contributed by atoms with E-state index < -0.39 is 4.75 Å². The fraction of sp³-hybridized carbons (Fsp3) is 0.706. The van der Waals surface area contributed by atoms with Gasteiger partial charge < -0.3 is 10.6 Å². The molecule has 1 unspecified atom stereocenters. The van der Waals surface area contributed by atoms with Gasteiger partial charge in [-0.15, -0.1) is 11.8 Å². The molecule has 2 heterocycles. The molecule has 1 saturated heterocycles. The average Bonchev–Trinajstić information content (AvgIpc) is 3.03. The highest BCUT2D eigenvalue weighted by Crippen LogP contribution is 2.29. The lowest BCUT2D eigenvalue weighted by atomic mass is 9.92. The van der Waals surface area contributed by atoms with Crippen molar-refractivity contribution in [2.75, 3.05) is 11.1 Å². The van der Waals surface area contributed by atoms with Crippen molar-refractivity contribution in [1.29, 1.82) is 0 Å². The normalized spacial score (nSPS) is 18.6. The Hall–Kier alpha value is -1.50. The van der Waals surface area contributed by atoms with E-state index in [9.17, 15) is 9.59 Å². The van der Waals surface area contributed by atoms with Gasteiger partial charge in [0.1, 0.15) is 5.82 Å². The molecule has 2 amide bonds. The van der Waals surface area contributed by atoms with Gasteiger partial charge >= 0.3 is 0 Å². The van der Waals surface area contributed by atoms with E-state index in [1.807, 2.05) is 27.0 Å². The first-order valence-electron chi connectivity index (χ1n) is 8.28. The fourth-order valence-electron chi connectivity index (χ4n) is 2.39. The first-order chi connectivity index (χ1) is 11.0. The van der Waals surface area contributed by atoms with Gasteiger partial charge in [-0.05, 0) is 20.3 Å². The molecule has 0 aliphatic carbocycles. The molecule has 1 aromatic rings. The van der Waals surface area contributed by atoms with Crippen LogP contribution in [0.2, 0.25) is 0 Å². The second-order valence-corrected chi connectivity index (χ2v) is 9.51. The number of carbonyl (C=O) groups excluding carboxylic acids is 2. The summed E-state index contributed by atoms with van der Waals surface area (Å²) < 4.78 is 1.12. The summed E-state index contributed by atoms with van der Waals surface area (Å²) in [5.74, 6) is 1.49. The van der Waals surface area contributed by atoms with Crippen molar-refractivity contribution in [3.63, 3.8) is 0 Å². The zero-order chi connectivity index (χ0) is 18.1. The third kappa shape index (κ3) is 4.53. The molecule has 7 heteroatoms. The van der Waals surface area contributed by atoms with E-state index in [1.54, 1.807) is 16.4 Å². The molecule has 0 saturated carbocycles. The predicted octanol–water partition coefficient (Wildman–Crippen LogP) is 2.45. The van der Waals surface area contributed by atoms with Crippen LogP contribution in [0.3, 0.4) is 0 Å². The van der Waals surface area contributed by atoms with Crippen LogP contribution in [0.25, 0.3) is 0 Å². The number of carbonyl (C=O) groups is 2. The molecule has 0 aromatic carbocycles. The van der Waals surface area contributed by atoms with Gasteiger partial charge in [0.05, 0.1) is 10.4 Å². The highest BCUT2D eigenvalue weighted by atomic mass is 32.2. The van der Waals surface area contributed by atoms with Crippen molar-refractivity contribution in [3.8, 4) is 0 Å². The molecule has 6 nitrogen and oxygen atoms in total. The summed E-state index contributed by atoms with van der Waals surface area (Å²) in [4.78, 5) is 23.9. The minimum atomic E-state index is -0.584. The maximum atomic E-state index is 12.7. The van der Waals surface area contributed by atoms with Gasteiger partial charge in [0, 0.05) is 36.7 Å². The standard InChI is InChI=1S/C17H28N4O2S/c1-16(2,3)12-9-13(21(6)20-12)19-15(23)17(4,5)24-10-11-7-8-14(22)18-11/h9,11H,7-8,10H2,1-6H3,(H,18,22)(H,19,23). The Morgan fingerprint density at radius 1 is 1.42 bits per heavy atom. The van der Waals surface area contributed by atoms with Crippen molar-refractivity contribution in [1.82, 2.24) is 15.1 Å². The summed E-state index contributed by atoms with van der Waals surface area (Å²) in [5.41, 5.74) is 0.880. The van der Waals surface area contributed by atoms with Crippen molar-refractivity contribution in [2.45, 2.75) is 63.7 Å². The zero-order valence-corrected chi connectivity index (χ0v) is 16.2. The van der Waals surface area contributed by atoms with E-state index in [0.717, 1.165) is 17.9 Å². The quantitative estimate of drug-likeness (QED) is 0.853. The van der Waals surface area contributed by atoms with Gasteiger partial charge in [-0.2, -0.15) is 5.10 Å². The van der Waals surface area contributed by atoms with E-state index in [2.05, 4.69) is 36.5 Å². The zero-order valence-electron chi connectivity index (χ0n) is 15.4. The number of thioether (sulfide) groups is 1. The van der Waals surface area contributed by atoms with E-state index >= 15 is 0 Å². The highest BCUT2D eigenvalue weighted by molar-refractivity contribution is 8.01. The predicted molar refractivity (Wildman–Crippen MR) is 98.2 cm³/mol. The van der Waals surface area contributed by atoms with Crippen LogP contribution < -0.4 is 10.6 Å². The van der Waals surface area contributed by atoms with Crippen molar-refractivity contribution in [3.05, 3.63) is 11.8 Å². The van der Waals surface area contributed by atoms with Crippen molar-refractivity contribution in [2.24, 2.45) is 7.05 Å². The second kappa shape index (κ2) is 6.78. The smallest absolute Gasteiger partial charge is 0.241 e. The summed E-state index contributed by atoms with van der Waals surface area (Å²) >= 11 is 1.57. The largest absolute Gasteiger partial charge is 0.353 e. The molecule has 24 heavy (non-hydrogen) atoms. The Morgan fingerprint density at radius 3 is 2.58 bits per heavy atom. The lowest BCUT2D eigenvalue weighted by Gasteiger charge is -2.24. The van der Waals surface area contributed by atoms with E-state index in [0.29, 0.717) is 12.2 Å². The molecule has 2 N–H and O–H groups in total. The first-order valence-corrected chi connectivity index (χ1v) is 9.27. The van der Waals surface area contributed by atoms with E-state index in [4.69, 9.17) is 0 Å². The number of rotatable bonds is 5. The monoisotopic (exact) mass is 352 g/mol. The van der Waals surface area contributed by atoms with Crippen LogP contribution in [0.1, 0.15) is 53.2 Å². The average molecular weight is 353 g/mol. The summed E-state index contributed by atoms with van der Waals surface area (Å²) in [7, 11) is 1.83. The number of nitrogens with one attached hydrogen (secondary N) is 2. The minimum absolute atomic E-state index is 0.0553. The van der Waals surface area contributed by atoms with Crippen LogP contribution >= 0.6 is 11.8 Å². The maximum Gasteiger partial charge on any atom is 0.241 e. The van der Waals surface area contributed by atoms with Gasteiger partial charge in [0.25, 0.3) is 0 Å². The van der Waals surface area contributed by atoms with Gasteiger partial charge in [-0.1, -0.05) is 20.8 Å². The molecule has 1 fully saturated rings. The number of anilines is 1. The molecule has 134 valence electrons. The summed E-state index contributed by atoms with van der Waals surface area (Å²) in [5, 5.41) is 10.4. The summed E-state index contributed by atoms with van der Waals surface area (Å²) in [6, 6.07) is 2.09. The van der Waals surface area contributed by atoms with Crippen molar-refractivity contribution >= 4 is 29.4 Å². The molecular formula is C17H28N4O2S. The summed E-state index contributed by atoms with van der Waals surface area (Å²) in [6.45, 7) is 10.1. The number of aryl methyl sites for hydroxylation is 1. The van der Waals surface area contributed by atoms with E-state index in [-0.39, 0.29) is 23.3 Å². The number of aromatic nitrogens is 2. The van der Waals surface area contributed by atoms with Crippen molar-refractivity contribution < 1.29 is 9.59 Å². The molecular weight excluding hydrogens is 324 g/mol. The van der Waals surface area contributed by atoms with Gasteiger partial charge in [0.15, 0.2) is 0 Å². The number of amides is 2.